The Morgan fingerprint density at radius 3 is 2.44 bits per heavy atom. The third kappa shape index (κ3) is 5.63. The number of nitrogens with one attached hydrogen (secondary N) is 1. The Hall–Kier alpha value is -2.97. The minimum absolute atomic E-state index is 0.149. The molecule has 0 bridgehead atoms. The largest absolute Gasteiger partial charge is 0.453 e. The first kappa shape index (κ1) is 23.7. The van der Waals surface area contributed by atoms with Crippen molar-refractivity contribution in [3.63, 3.8) is 0 Å². The Bertz CT molecular complexity index is 1160. The lowest BCUT2D eigenvalue weighted by Crippen LogP contribution is -2.32. The molecule has 0 aliphatic heterocycles. The van der Waals surface area contributed by atoms with Crippen molar-refractivity contribution >= 4 is 40.9 Å². The summed E-state index contributed by atoms with van der Waals surface area (Å²) in [5.74, 6) is -0.538. The highest BCUT2D eigenvalue weighted by molar-refractivity contribution is 7.99. The summed E-state index contributed by atoms with van der Waals surface area (Å²) >= 11 is 7.35. The molecule has 9 heteroatoms. The molecule has 3 rings (SSSR count). The van der Waals surface area contributed by atoms with E-state index in [1.807, 2.05) is 30.3 Å². The number of nitrogens with zero attached hydrogens (tertiary/aromatic N) is 2. The zero-order valence-corrected chi connectivity index (χ0v) is 19.6. The zero-order chi connectivity index (χ0) is 23.3. The molecule has 0 radical (unpaired) electrons. The topological polar surface area (TPSA) is 82.3 Å². The van der Waals surface area contributed by atoms with Crippen LogP contribution in [0.4, 0.5) is 5.69 Å². The van der Waals surface area contributed by atoms with E-state index in [4.69, 9.17) is 16.3 Å². The van der Waals surface area contributed by atoms with Crippen molar-refractivity contribution in [2.24, 2.45) is 7.05 Å². The summed E-state index contributed by atoms with van der Waals surface area (Å²) in [4.78, 5) is 38.6. The number of ether oxygens (including phenoxy) is 1. The third-order valence-corrected chi connectivity index (χ3v) is 6.13. The lowest BCUT2D eigenvalue weighted by atomic mass is 10.3. The van der Waals surface area contributed by atoms with Crippen LogP contribution in [0.1, 0.15) is 19.0 Å². The second-order valence-electron chi connectivity index (χ2n) is 7.11. The summed E-state index contributed by atoms with van der Waals surface area (Å²) in [6, 6.07) is 16.4. The van der Waals surface area contributed by atoms with Gasteiger partial charge in [0.05, 0.1) is 17.8 Å². The van der Waals surface area contributed by atoms with Gasteiger partial charge in [0.15, 0.2) is 6.10 Å². The van der Waals surface area contributed by atoms with Crippen molar-refractivity contribution in [2.75, 3.05) is 11.1 Å². The predicted octanol–water partition coefficient (Wildman–Crippen LogP) is 4.19. The van der Waals surface area contributed by atoms with Crippen molar-refractivity contribution in [2.45, 2.75) is 31.3 Å². The van der Waals surface area contributed by atoms with Gasteiger partial charge in [-0.25, -0.2) is 4.68 Å². The fourth-order valence-corrected chi connectivity index (χ4v) is 3.99. The van der Waals surface area contributed by atoms with Gasteiger partial charge in [0, 0.05) is 22.7 Å². The smallest absolute Gasteiger partial charge is 0.307 e. The molecule has 2 aromatic carbocycles. The second kappa shape index (κ2) is 10.6. The maximum atomic E-state index is 12.9. The molecule has 1 N–H and O–H groups in total. The number of rotatable bonds is 8. The first-order chi connectivity index (χ1) is 15.3. The average molecular weight is 474 g/mol. The number of esters is 1. The van der Waals surface area contributed by atoms with Gasteiger partial charge in [-0.3, -0.25) is 19.1 Å². The lowest BCUT2D eigenvalue weighted by Gasteiger charge is -2.13. The summed E-state index contributed by atoms with van der Waals surface area (Å²) in [5.41, 5.74) is 1.07. The molecule has 168 valence electrons. The number of thioether (sulfide) groups is 1. The van der Waals surface area contributed by atoms with Crippen molar-refractivity contribution < 1.29 is 14.3 Å². The molecule has 0 spiro atoms. The number of carbonyl (C=O) groups is 2. The van der Waals surface area contributed by atoms with Crippen LogP contribution < -0.4 is 10.9 Å². The number of carbonyl (C=O) groups excluding carboxylic acids is 2. The molecule has 0 aliphatic carbocycles. The highest BCUT2D eigenvalue weighted by Gasteiger charge is 2.23. The van der Waals surface area contributed by atoms with Crippen LogP contribution in [0.5, 0.6) is 0 Å². The summed E-state index contributed by atoms with van der Waals surface area (Å²) in [5, 5.41) is 3.26. The summed E-state index contributed by atoms with van der Waals surface area (Å²) in [6.07, 6.45) is -0.886. The highest BCUT2D eigenvalue weighted by atomic mass is 35.5. The Morgan fingerprint density at radius 2 is 1.78 bits per heavy atom. The molecule has 0 fully saturated rings. The summed E-state index contributed by atoms with van der Waals surface area (Å²) < 4.78 is 8.37. The van der Waals surface area contributed by atoms with Crippen molar-refractivity contribution in [3.05, 3.63) is 75.7 Å². The number of para-hydroxylation sites is 1. The van der Waals surface area contributed by atoms with E-state index in [0.717, 1.165) is 4.90 Å². The van der Waals surface area contributed by atoms with Crippen LogP contribution in [0.3, 0.4) is 0 Å². The quantitative estimate of drug-likeness (QED) is 0.392. The maximum absolute atomic E-state index is 12.9. The molecule has 1 amide bonds. The van der Waals surface area contributed by atoms with Crippen LogP contribution in [0.25, 0.3) is 5.69 Å². The van der Waals surface area contributed by atoms with E-state index in [1.165, 1.54) is 23.4 Å². The van der Waals surface area contributed by atoms with Gasteiger partial charge >= 0.3 is 5.97 Å². The number of anilines is 1. The van der Waals surface area contributed by atoms with Gasteiger partial charge in [-0.15, -0.1) is 11.8 Å². The second-order valence-corrected chi connectivity index (χ2v) is 8.72. The SMILES string of the molecule is Cc1c(NC(=O)[C@@H](C)OC(=O)CCSc2ccc(Cl)cc2)c(=O)n(-c2ccccc2)n1C. The molecule has 1 atom stereocenters. The molecule has 7 nitrogen and oxygen atoms in total. The van der Waals surface area contributed by atoms with Gasteiger partial charge in [0.25, 0.3) is 11.5 Å². The van der Waals surface area contributed by atoms with Gasteiger partial charge in [0.1, 0.15) is 5.69 Å². The van der Waals surface area contributed by atoms with E-state index in [1.54, 1.807) is 42.9 Å². The van der Waals surface area contributed by atoms with Crippen molar-refractivity contribution in [1.82, 2.24) is 9.36 Å². The van der Waals surface area contributed by atoms with Gasteiger partial charge in [-0.1, -0.05) is 29.8 Å². The Balaban J connectivity index is 1.58. The highest BCUT2D eigenvalue weighted by Crippen LogP contribution is 2.21. The fourth-order valence-electron chi connectivity index (χ4n) is 3.03. The first-order valence-corrected chi connectivity index (χ1v) is 11.4. The average Bonchev–Trinajstić information content (AvgIpc) is 2.98. The molecule has 32 heavy (non-hydrogen) atoms. The first-order valence-electron chi connectivity index (χ1n) is 10.0. The molecule has 1 heterocycles. The number of hydrogen-bond donors (Lipinski definition) is 1. The Labute approximate surface area is 195 Å². The Morgan fingerprint density at radius 1 is 1.12 bits per heavy atom. The fraction of sp³-hybridized carbons (Fsp3) is 0.261. The molecule has 0 aliphatic rings. The van der Waals surface area contributed by atoms with Crippen LogP contribution in [0.2, 0.25) is 5.02 Å². The van der Waals surface area contributed by atoms with Crippen LogP contribution >= 0.6 is 23.4 Å². The van der Waals surface area contributed by atoms with E-state index < -0.39 is 18.0 Å². The van der Waals surface area contributed by atoms with Gasteiger partial charge < -0.3 is 10.1 Å². The van der Waals surface area contributed by atoms with Crippen LogP contribution in [-0.2, 0) is 21.4 Å². The van der Waals surface area contributed by atoms with Crippen LogP contribution in [-0.4, -0.2) is 33.1 Å². The number of hydrogen-bond acceptors (Lipinski definition) is 5. The van der Waals surface area contributed by atoms with Crippen LogP contribution in [0, 0.1) is 6.92 Å². The molecule has 3 aromatic rings. The number of benzene rings is 2. The Kier molecular flexibility index (Phi) is 7.82. The molecular formula is C23H24ClN3O4S. The van der Waals surface area contributed by atoms with Crippen LogP contribution in [0.15, 0.2) is 64.3 Å². The van der Waals surface area contributed by atoms with Gasteiger partial charge in [0.2, 0.25) is 0 Å². The predicted molar refractivity (Wildman–Crippen MR) is 127 cm³/mol. The lowest BCUT2D eigenvalue weighted by molar-refractivity contribution is -0.152. The monoisotopic (exact) mass is 473 g/mol. The molecule has 0 unspecified atom stereocenters. The molecule has 0 saturated carbocycles. The van der Waals surface area contributed by atoms with E-state index in [0.29, 0.717) is 22.2 Å². The maximum Gasteiger partial charge on any atom is 0.307 e. The standard InChI is InChI=1S/C23H24ClN3O4S/c1-15-21(23(30)27(26(15)3)18-7-5-4-6-8-18)25-22(29)16(2)31-20(28)13-14-32-19-11-9-17(24)10-12-19/h4-12,16H,13-14H2,1-3H3,(H,25,29)/t16-/m1/s1. The van der Waals surface area contributed by atoms with Gasteiger partial charge in [-0.05, 0) is 50.2 Å². The summed E-state index contributed by atoms with van der Waals surface area (Å²) in [6.45, 7) is 3.22. The normalized spacial score (nSPS) is 11.8. The summed E-state index contributed by atoms with van der Waals surface area (Å²) in [7, 11) is 1.74. The number of aromatic nitrogens is 2. The molecular weight excluding hydrogens is 450 g/mol. The third-order valence-electron chi connectivity index (χ3n) is 4.87. The van der Waals surface area contributed by atoms with Crippen molar-refractivity contribution in [1.29, 1.82) is 0 Å². The van der Waals surface area contributed by atoms with Gasteiger partial charge in [-0.2, -0.15) is 0 Å². The molecule has 1 aromatic heterocycles. The zero-order valence-electron chi connectivity index (χ0n) is 18.0. The minimum atomic E-state index is -1.03. The van der Waals surface area contributed by atoms with E-state index in [9.17, 15) is 14.4 Å². The number of halogens is 1. The van der Waals surface area contributed by atoms with E-state index in [2.05, 4.69) is 5.32 Å². The van der Waals surface area contributed by atoms with Crippen molar-refractivity contribution in [3.8, 4) is 5.69 Å². The minimum Gasteiger partial charge on any atom is -0.453 e. The van der Waals surface area contributed by atoms with E-state index >= 15 is 0 Å². The number of amides is 1. The molecule has 0 saturated heterocycles. The van der Waals surface area contributed by atoms with E-state index in [-0.39, 0.29) is 17.7 Å².